The Morgan fingerprint density at radius 1 is 1.73 bits per heavy atom. The molecule has 1 unspecified atom stereocenters. The Kier molecular flexibility index (Phi) is 1.50. The van der Waals surface area contributed by atoms with Crippen LogP contribution in [0.1, 0.15) is 15.4 Å². The van der Waals surface area contributed by atoms with Gasteiger partial charge in [0.25, 0.3) is 0 Å². The second-order valence-corrected chi connectivity index (χ2v) is 4.50. The molecule has 1 aliphatic rings. The summed E-state index contributed by atoms with van der Waals surface area (Å²) in [5.74, 6) is 0.120. The van der Waals surface area contributed by atoms with Crippen LogP contribution in [0.25, 0.3) is 0 Å². The van der Waals surface area contributed by atoms with Crippen molar-refractivity contribution < 1.29 is 4.79 Å². The maximum atomic E-state index is 11.3. The van der Waals surface area contributed by atoms with Crippen molar-refractivity contribution >= 4 is 38.2 Å². The Labute approximate surface area is 75.7 Å². The number of nitrogen functional groups attached to an aromatic ring is 1. The number of carbonyl (C=O) groups excluding carboxylic acids is 1. The van der Waals surface area contributed by atoms with Gasteiger partial charge in [-0.15, -0.1) is 0 Å². The predicted octanol–water partition coefficient (Wildman–Crippen LogP) is 1.23. The molecule has 3 nitrogen and oxygen atoms in total. The van der Waals surface area contributed by atoms with E-state index in [0.29, 0.717) is 11.6 Å². The van der Waals surface area contributed by atoms with Gasteiger partial charge in [0, 0.05) is 6.42 Å². The lowest BCUT2D eigenvalue weighted by Crippen LogP contribution is -2.05. The zero-order valence-corrected chi connectivity index (χ0v) is 7.91. The van der Waals surface area contributed by atoms with Crippen molar-refractivity contribution in [3.63, 3.8) is 0 Å². The summed E-state index contributed by atoms with van der Waals surface area (Å²) in [6, 6.07) is 0. The van der Waals surface area contributed by atoms with E-state index in [1.54, 1.807) is 0 Å². The topological polar surface area (TPSA) is 56.0 Å². The minimum Gasteiger partial charge on any atom is -0.375 e. The summed E-state index contributed by atoms with van der Waals surface area (Å²) < 4.78 is 0. The van der Waals surface area contributed by atoms with Crippen LogP contribution in [0.2, 0.25) is 0 Å². The summed E-state index contributed by atoms with van der Waals surface area (Å²) in [5.41, 5.74) is 6.28. The zero-order valence-electron chi connectivity index (χ0n) is 5.50. The highest BCUT2D eigenvalue weighted by atomic mass is 79.9. The van der Waals surface area contributed by atoms with Gasteiger partial charge in [0.2, 0.25) is 0 Å². The van der Waals surface area contributed by atoms with Gasteiger partial charge < -0.3 is 5.73 Å². The molecule has 1 aromatic rings. The summed E-state index contributed by atoms with van der Waals surface area (Å²) in [6.45, 7) is 0. The molecular weight excluding hydrogens is 228 g/mol. The van der Waals surface area contributed by atoms with Crippen LogP contribution in [0.5, 0.6) is 0 Å². The molecule has 0 bridgehead atoms. The summed E-state index contributed by atoms with van der Waals surface area (Å²) in [5, 5.41) is 0.489. The summed E-state index contributed by atoms with van der Waals surface area (Å²) in [7, 11) is 0. The number of ketones is 1. The molecule has 0 amide bonds. The maximum absolute atomic E-state index is 11.3. The number of hydrogen-bond donors (Lipinski definition) is 1. The molecule has 1 atom stereocenters. The van der Waals surface area contributed by atoms with Gasteiger partial charge in [0.1, 0.15) is 0 Å². The van der Waals surface area contributed by atoms with Crippen molar-refractivity contribution in [3.05, 3.63) is 10.6 Å². The van der Waals surface area contributed by atoms with E-state index in [2.05, 4.69) is 20.9 Å². The van der Waals surface area contributed by atoms with Crippen molar-refractivity contribution in [1.29, 1.82) is 0 Å². The third-order valence-electron chi connectivity index (χ3n) is 1.59. The molecule has 1 aliphatic carbocycles. The third kappa shape index (κ3) is 0.990. The first-order chi connectivity index (χ1) is 5.18. The van der Waals surface area contributed by atoms with E-state index in [-0.39, 0.29) is 10.6 Å². The van der Waals surface area contributed by atoms with Gasteiger partial charge >= 0.3 is 0 Å². The number of alkyl halides is 1. The summed E-state index contributed by atoms with van der Waals surface area (Å²) >= 11 is 4.54. The van der Waals surface area contributed by atoms with Gasteiger partial charge in [-0.2, -0.15) is 0 Å². The van der Waals surface area contributed by atoms with Crippen molar-refractivity contribution in [2.75, 3.05) is 5.73 Å². The molecule has 2 N–H and O–H groups in total. The van der Waals surface area contributed by atoms with Gasteiger partial charge in [-0.25, -0.2) is 4.98 Å². The number of nitrogens with zero attached hydrogens (tertiary/aromatic N) is 1. The summed E-state index contributed by atoms with van der Waals surface area (Å²) in [6.07, 6.45) is 0.682. The number of thiazole rings is 1. The number of fused-ring (bicyclic) bond motifs is 1. The Morgan fingerprint density at radius 3 is 3.09 bits per heavy atom. The van der Waals surface area contributed by atoms with Crippen molar-refractivity contribution in [3.8, 4) is 0 Å². The number of carbonyl (C=O) groups is 1. The largest absolute Gasteiger partial charge is 0.375 e. The molecule has 0 spiro atoms. The molecular formula is C6H5BrN2OS. The lowest BCUT2D eigenvalue weighted by Gasteiger charge is -1.92. The number of anilines is 1. The Hall–Kier alpha value is -0.420. The highest BCUT2D eigenvalue weighted by Gasteiger charge is 2.31. The number of halogens is 1. The molecule has 0 saturated heterocycles. The molecule has 5 heteroatoms. The normalized spacial score (nSPS) is 22.3. The standard InChI is InChI=1S/C6H5BrN2OS/c7-2-1-3-5(4(2)10)11-6(8)9-3/h2H,1H2,(H2,8,9). The second-order valence-electron chi connectivity index (χ2n) is 2.36. The fraction of sp³-hybridized carbons (Fsp3) is 0.333. The minimum absolute atomic E-state index is 0.0724. The molecule has 0 aliphatic heterocycles. The lowest BCUT2D eigenvalue weighted by molar-refractivity contribution is 0.101. The van der Waals surface area contributed by atoms with Gasteiger partial charge in [0.05, 0.1) is 15.4 Å². The molecule has 1 aromatic heterocycles. The molecule has 11 heavy (non-hydrogen) atoms. The number of Topliss-reactive ketones (excluding diaryl/α,β-unsaturated/α-hetero) is 1. The van der Waals surface area contributed by atoms with E-state index < -0.39 is 0 Å². The molecule has 0 aromatic carbocycles. The fourth-order valence-electron chi connectivity index (χ4n) is 1.11. The average molecular weight is 233 g/mol. The summed E-state index contributed by atoms with van der Waals surface area (Å²) in [4.78, 5) is 16.0. The number of rotatable bonds is 0. The van der Waals surface area contributed by atoms with Crippen LogP contribution in [-0.2, 0) is 6.42 Å². The van der Waals surface area contributed by atoms with Crippen LogP contribution < -0.4 is 5.73 Å². The Morgan fingerprint density at radius 2 is 2.45 bits per heavy atom. The first-order valence-electron chi connectivity index (χ1n) is 3.12. The van der Waals surface area contributed by atoms with Crippen LogP contribution >= 0.6 is 27.3 Å². The van der Waals surface area contributed by atoms with E-state index in [0.717, 1.165) is 10.6 Å². The fourth-order valence-corrected chi connectivity index (χ4v) is 2.65. The van der Waals surface area contributed by atoms with Gasteiger partial charge in [0.15, 0.2) is 10.9 Å². The van der Waals surface area contributed by atoms with Gasteiger partial charge in [-0.1, -0.05) is 27.3 Å². The predicted molar refractivity (Wildman–Crippen MR) is 47.3 cm³/mol. The van der Waals surface area contributed by atoms with Crippen LogP contribution in [-0.4, -0.2) is 15.6 Å². The SMILES string of the molecule is Nc1nc2c(s1)C(=O)C(Br)C2. The first kappa shape index (κ1) is 7.24. The highest BCUT2D eigenvalue weighted by molar-refractivity contribution is 9.10. The highest BCUT2D eigenvalue weighted by Crippen LogP contribution is 2.31. The van der Waals surface area contributed by atoms with E-state index in [1.165, 1.54) is 11.3 Å². The van der Waals surface area contributed by atoms with E-state index in [9.17, 15) is 4.79 Å². The van der Waals surface area contributed by atoms with Gasteiger partial charge in [-0.05, 0) is 0 Å². The van der Waals surface area contributed by atoms with Crippen LogP contribution in [0.15, 0.2) is 0 Å². The molecule has 58 valence electrons. The number of hydrogen-bond acceptors (Lipinski definition) is 4. The van der Waals surface area contributed by atoms with Crippen molar-refractivity contribution in [2.24, 2.45) is 0 Å². The second kappa shape index (κ2) is 2.28. The number of nitrogens with two attached hydrogens (primary N) is 1. The Balaban J connectivity index is 2.52. The van der Waals surface area contributed by atoms with E-state index in [1.807, 2.05) is 0 Å². The molecule has 0 radical (unpaired) electrons. The molecule has 0 saturated carbocycles. The smallest absolute Gasteiger partial charge is 0.188 e. The molecule has 1 heterocycles. The van der Waals surface area contributed by atoms with Crippen LogP contribution in [0.3, 0.4) is 0 Å². The van der Waals surface area contributed by atoms with Crippen LogP contribution in [0.4, 0.5) is 5.13 Å². The lowest BCUT2D eigenvalue weighted by atomic mass is 10.3. The third-order valence-corrected chi connectivity index (χ3v) is 3.28. The quantitative estimate of drug-likeness (QED) is 0.685. The zero-order chi connectivity index (χ0) is 8.01. The average Bonchev–Trinajstić information content (AvgIpc) is 2.37. The van der Waals surface area contributed by atoms with Crippen molar-refractivity contribution in [1.82, 2.24) is 4.98 Å². The Bertz CT molecular complexity index is 322. The maximum Gasteiger partial charge on any atom is 0.188 e. The minimum atomic E-state index is -0.0724. The monoisotopic (exact) mass is 232 g/mol. The van der Waals surface area contributed by atoms with Gasteiger partial charge in [-0.3, -0.25) is 4.79 Å². The first-order valence-corrected chi connectivity index (χ1v) is 4.85. The molecule has 2 rings (SSSR count). The van der Waals surface area contributed by atoms with Crippen LogP contribution in [0, 0.1) is 0 Å². The number of aromatic nitrogens is 1. The molecule has 0 fully saturated rings. The van der Waals surface area contributed by atoms with E-state index in [4.69, 9.17) is 5.73 Å². The van der Waals surface area contributed by atoms with Crippen molar-refractivity contribution in [2.45, 2.75) is 11.2 Å². The van der Waals surface area contributed by atoms with E-state index >= 15 is 0 Å².